The van der Waals surface area contributed by atoms with Crippen LogP contribution < -0.4 is 16.2 Å². The van der Waals surface area contributed by atoms with Crippen LogP contribution in [-0.2, 0) is 0 Å². The zero-order valence-corrected chi connectivity index (χ0v) is 7.09. The Morgan fingerprint density at radius 2 is 2.23 bits per heavy atom. The number of rotatable bonds is 0. The van der Waals surface area contributed by atoms with Gasteiger partial charge in [-0.1, -0.05) is 0 Å². The molecule has 0 fully saturated rings. The third-order valence-corrected chi connectivity index (χ3v) is 2.17. The van der Waals surface area contributed by atoms with E-state index in [2.05, 4.69) is 0 Å². The van der Waals surface area contributed by atoms with Gasteiger partial charge in [-0.3, -0.25) is 0 Å². The van der Waals surface area contributed by atoms with E-state index in [0.29, 0.717) is 30.0 Å². The molecule has 0 aromatic heterocycles. The second-order valence-electron chi connectivity index (χ2n) is 3.16. The summed E-state index contributed by atoms with van der Waals surface area (Å²) in [5.74, 6) is 0.110. The summed E-state index contributed by atoms with van der Waals surface area (Å²) in [6.45, 7) is 0.525. The molecule has 13 heavy (non-hydrogen) atoms. The average Bonchev–Trinajstić information content (AvgIpc) is 2.02. The minimum absolute atomic E-state index is 0.274. The largest absolute Gasteiger partial charge is 0.493 e. The van der Waals surface area contributed by atoms with Crippen LogP contribution in [0.3, 0.4) is 0 Å². The third kappa shape index (κ3) is 1.33. The van der Waals surface area contributed by atoms with E-state index in [9.17, 15) is 4.39 Å². The molecule has 0 saturated carbocycles. The lowest BCUT2D eigenvalue weighted by Crippen LogP contribution is -2.22. The van der Waals surface area contributed by atoms with Crippen LogP contribution in [0.25, 0.3) is 0 Å². The number of halogens is 1. The second-order valence-corrected chi connectivity index (χ2v) is 3.16. The van der Waals surface area contributed by atoms with Crippen molar-refractivity contribution in [1.29, 1.82) is 0 Å². The highest BCUT2D eigenvalue weighted by molar-refractivity contribution is 5.51. The molecule has 0 radical (unpaired) electrons. The molecule has 2 rings (SSSR count). The number of hydrogen-bond acceptors (Lipinski definition) is 3. The van der Waals surface area contributed by atoms with Crippen molar-refractivity contribution >= 4 is 5.69 Å². The van der Waals surface area contributed by atoms with Gasteiger partial charge in [0, 0.05) is 29.8 Å². The molecule has 1 heterocycles. The summed E-state index contributed by atoms with van der Waals surface area (Å²) in [6.07, 6.45) is 0.647. The molecule has 70 valence electrons. The van der Waals surface area contributed by atoms with Crippen molar-refractivity contribution in [1.82, 2.24) is 0 Å². The van der Waals surface area contributed by atoms with Crippen LogP contribution in [-0.4, -0.2) is 6.61 Å². The fourth-order valence-electron chi connectivity index (χ4n) is 1.53. The van der Waals surface area contributed by atoms with E-state index in [-0.39, 0.29) is 11.9 Å². The lowest BCUT2D eigenvalue weighted by molar-refractivity contribution is 0.264. The minimum Gasteiger partial charge on any atom is -0.493 e. The quantitative estimate of drug-likeness (QED) is 0.592. The highest BCUT2D eigenvalue weighted by Crippen LogP contribution is 2.34. The second kappa shape index (κ2) is 2.88. The molecule has 1 atom stereocenters. The maximum Gasteiger partial charge on any atom is 0.133 e. The van der Waals surface area contributed by atoms with E-state index in [0.717, 1.165) is 0 Å². The molecule has 1 aromatic rings. The van der Waals surface area contributed by atoms with Crippen molar-refractivity contribution in [3.8, 4) is 5.75 Å². The average molecular weight is 182 g/mol. The van der Waals surface area contributed by atoms with Crippen molar-refractivity contribution in [3.63, 3.8) is 0 Å². The zero-order valence-electron chi connectivity index (χ0n) is 7.09. The van der Waals surface area contributed by atoms with E-state index in [1.54, 1.807) is 6.07 Å². The fourth-order valence-corrected chi connectivity index (χ4v) is 1.53. The van der Waals surface area contributed by atoms with Crippen molar-refractivity contribution in [3.05, 3.63) is 23.5 Å². The Hall–Kier alpha value is -1.29. The first-order valence-electron chi connectivity index (χ1n) is 4.16. The van der Waals surface area contributed by atoms with Gasteiger partial charge in [0.25, 0.3) is 0 Å². The monoisotopic (exact) mass is 182 g/mol. The van der Waals surface area contributed by atoms with Crippen LogP contribution >= 0.6 is 0 Å². The van der Waals surface area contributed by atoms with Gasteiger partial charge in [-0.2, -0.15) is 0 Å². The molecule has 3 nitrogen and oxygen atoms in total. The van der Waals surface area contributed by atoms with Gasteiger partial charge >= 0.3 is 0 Å². The van der Waals surface area contributed by atoms with Gasteiger partial charge in [0.1, 0.15) is 11.6 Å². The summed E-state index contributed by atoms with van der Waals surface area (Å²) in [6, 6.07) is 2.61. The molecule has 0 unspecified atom stereocenters. The molecule has 0 saturated heterocycles. The SMILES string of the molecule is Nc1cc(F)c2c(c1)OCC[C@H]2N. The van der Waals surface area contributed by atoms with E-state index in [1.165, 1.54) is 6.07 Å². The summed E-state index contributed by atoms with van der Waals surface area (Å²) in [5.41, 5.74) is 12.0. The summed E-state index contributed by atoms with van der Waals surface area (Å²) in [7, 11) is 0. The lowest BCUT2D eigenvalue weighted by atomic mass is 10.0. The molecule has 0 bridgehead atoms. The first-order chi connectivity index (χ1) is 6.18. The van der Waals surface area contributed by atoms with Gasteiger partial charge in [-0.25, -0.2) is 4.39 Å². The highest BCUT2D eigenvalue weighted by Gasteiger charge is 2.22. The van der Waals surface area contributed by atoms with E-state index in [1.807, 2.05) is 0 Å². The standard InChI is InChI=1S/C9H11FN2O/c10-6-3-5(11)4-8-9(6)7(12)1-2-13-8/h3-4,7H,1-2,11-12H2/t7-/m1/s1. The van der Waals surface area contributed by atoms with E-state index >= 15 is 0 Å². The van der Waals surface area contributed by atoms with Crippen LogP contribution in [0.4, 0.5) is 10.1 Å². The van der Waals surface area contributed by atoms with E-state index < -0.39 is 0 Å². The number of anilines is 1. The molecule has 1 aliphatic rings. The number of nitrogen functional groups attached to an aromatic ring is 1. The highest BCUT2D eigenvalue weighted by atomic mass is 19.1. The van der Waals surface area contributed by atoms with Gasteiger partial charge in [0.05, 0.1) is 6.61 Å². The Balaban J connectivity index is 2.56. The van der Waals surface area contributed by atoms with Gasteiger partial charge in [-0.15, -0.1) is 0 Å². The molecule has 0 aliphatic carbocycles. The molecule has 1 aliphatic heterocycles. The zero-order chi connectivity index (χ0) is 9.42. The Morgan fingerprint density at radius 1 is 1.46 bits per heavy atom. The first kappa shape index (κ1) is 8.31. The lowest BCUT2D eigenvalue weighted by Gasteiger charge is -2.23. The number of benzene rings is 1. The van der Waals surface area contributed by atoms with Gasteiger partial charge < -0.3 is 16.2 Å². The van der Waals surface area contributed by atoms with Crippen molar-refractivity contribution in [2.45, 2.75) is 12.5 Å². The summed E-state index contributed by atoms with van der Waals surface area (Å²) < 4.78 is 18.6. The van der Waals surface area contributed by atoms with Gasteiger partial charge in [0.2, 0.25) is 0 Å². The van der Waals surface area contributed by atoms with Crippen molar-refractivity contribution < 1.29 is 9.13 Å². The Morgan fingerprint density at radius 3 is 3.00 bits per heavy atom. The topological polar surface area (TPSA) is 61.3 Å². The maximum absolute atomic E-state index is 13.3. The predicted octanol–water partition coefficient (Wildman–Crippen LogP) is 1.19. The van der Waals surface area contributed by atoms with Gasteiger partial charge in [0.15, 0.2) is 0 Å². The molecule has 0 spiro atoms. The molecule has 1 aromatic carbocycles. The van der Waals surface area contributed by atoms with E-state index in [4.69, 9.17) is 16.2 Å². The summed E-state index contributed by atoms with van der Waals surface area (Å²) >= 11 is 0. The minimum atomic E-state index is -0.373. The first-order valence-corrected chi connectivity index (χ1v) is 4.16. The van der Waals surface area contributed by atoms with Crippen LogP contribution in [0.1, 0.15) is 18.0 Å². The Bertz CT molecular complexity index is 341. The van der Waals surface area contributed by atoms with Crippen molar-refractivity contribution in [2.24, 2.45) is 5.73 Å². The van der Waals surface area contributed by atoms with Crippen LogP contribution in [0, 0.1) is 5.82 Å². The van der Waals surface area contributed by atoms with Crippen LogP contribution in [0.5, 0.6) is 5.75 Å². The molecule has 4 N–H and O–H groups in total. The fraction of sp³-hybridized carbons (Fsp3) is 0.333. The molecular formula is C9H11FN2O. The van der Waals surface area contributed by atoms with Gasteiger partial charge in [-0.05, 0) is 6.07 Å². The summed E-state index contributed by atoms with van der Waals surface area (Å²) in [4.78, 5) is 0. The normalized spacial score (nSPS) is 20.6. The number of hydrogen-bond donors (Lipinski definition) is 2. The Labute approximate surface area is 75.5 Å². The van der Waals surface area contributed by atoms with Crippen molar-refractivity contribution in [2.75, 3.05) is 12.3 Å². The molecular weight excluding hydrogens is 171 g/mol. The number of fused-ring (bicyclic) bond motifs is 1. The predicted molar refractivity (Wildman–Crippen MR) is 47.9 cm³/mol. The number of nitrogens with two attached hydrogens (primary N) is 2. The van der Waals surface area contributed by atoms with Crippen LogP contribution in [0.2, 0.25) is 0 Å². The third-order valence-electron chi connectivity index (χ3n) is 2.17. The smallest absolute Gasteiger partial charge is 0.133 e. The molecule has 4 heteroatoms. The van der Waals surface area contributed by atoms with Crippen LogP contribution in [0.15, 0.2) is 12.1 Å². The Kier molecular flexibility index (Phi) is 1.84. The molecule has 0 amide bonds. The summed E-state index contributed by atoms with van der Waals surface area (Å²) in [5, 5.41) is 0. The maximum atomic E-state index is 13.3. The number of ether oxygens (including phenoxy) is 1.